The second-order valence-corrected chi connectivity index (χ2v) is 9.93. The van der Waals surface area contributed by atoms with Gasteiger partial charge in [-0.05, 0) is 37.1 Å². The quantitative estimate of drug-likeness (QED) is 0.225. The van der Waals surface area contributed by atoms with Gasteiger partial charge >= 0.3 is 0 Å². The van der Waals surface area contributed by atoms with E-state index in [0.717, 1.165) is 17.9 Å². The molecule has 0 unspecified atom stereocenters. The summed E-state index contributed by atoms with van der Waals surface area (Å²) in [7, 11) is 0. The van der Waals surface area contributed by atoms with Crippen molar-refractivity contribution < 1.29 is 0 Å². The fourth-order valence-electron chi connectivity index (χ4n) is 4.84. The fourth-order valence-corrected chi connectivity index (χ4v) is 4.84. The molecule has 2 aliphatic rings. The van der Waals surface area contributed by atoms with Crippen LogP contribution in [0.15, 0.2) is 71.5 Å². The molecule has 0 fully saturated rings. The highest BCUT2D eigenvalue weighted by Gasteiger charge is 2.15. The van der Waals surface area contributed by atoms with Crippen LogP contribution in [0.2, 0.25) is 0 Å². The predicted molar refractivity (Wildman–Crippen MR) is 151 cm³/mol. The fraction of sp³-hybridized carbons (Fsp3) is 0.531. The second-order valence-electron chi connectivity index (χ2n) is 9.93. The molecule has 0 atom stereocenters. The van der Waals surface area contributed by atoms with Crippen molar-refractivity contribution in [2.24, 2.45) is 4.99 Å². The third kappa shape index (κ3) is 9.12. The first kappa shape index (κ1) is 26.3. The van der Waals surface area contributed by atoms with Crippen LogP contribution in [-0.2, 0) is 0 Å². The van der Waals surface area contributed by atoms with Crippen LogP contribution in [0, 0.1) is 0 Å². The molecule has 0 bridgehead atoms. The van der Waals surface area contributed by atoms with E-state index in [1.54, 1.807) is 0 Å². The van der Waals surface area contributed by atoms with Crippen LogP contribution in [-0.4, -0.2) is 17.2 Å². The van der Waals surface area contributed by atoms with Gasteiger partial charge in [0.25, 0.3) is 0 Å². The molecule has 0 aromatic heterocycles. The largest absolute Gasteiger partial charge is 0.354 e. The Bertz CT molecular complexity index is 868. The average molecular weight is 459 g/mol. The van der Waals surface area contributed by atoms with Gasteiger partial charge in [0.1, 0.15) is 0 Å². The average Bonchev–Trinajstić information content (AvgIpc) is 3.18. The molecule has 0 radical (unpaired) electrons. The lowest BCUT2D eigenvalue weighted by Gasteiger charge is -2.18. The maximum atomic E-state index is 4.67. The van der Waals surface area contributed by atoms with E-state index in [-0.39, 0.29) is 0 Å². The number of fused-ring (bicyclic) bond motifs is 1. The lowest BCUT2D eigenvalue weighted by atomic mass is 10.0. The number of hydrogen-bond donors (Lipinski definition) is 0. The Morgan fingerprint density at radius 2 is 1.26 bits per heavy atom. The van der Waals surface area contributed by atoms with Gasteiger partial charge in [-0.15, -0.1) is 0 Å². The third-order valence-corrected chi connectivity index (χ3v) is 7.00. The highest BCUT2D eigenvalue weighted by Crippen LogP contribution is 2.34. The summed E-state index contributed by atoms with van der Waals surface area (Å²) in [6, 6.07) is 8.38. The summed E-state index contributed by atoms with van der Waals surface area (Å²) in [4.78, 5) is 6.99. The van der Waals surface area contributed by atoms with Crippen LogP contribution < -0.4 is 0 Å². The van der Waals surface area contributed by atoms with Crippen molar-refractivity contribution >= 4 is 17.0 Å². The van der Waals surface area contributed by atoms with Gasteiger partial charge in [-0.25, -0.2) is 0 Å². The molecule has 184 valence electrons. The van der Waals surface area contributed by atoms with Gasteiger partial charge < -0.3 is 4.90 Å². The summed E-state index contributed by atoms with van der Waals surface area (Å²) in [6.45, 7) is 5.51. The van der Waals surface area contributed by atoms with Gasteiger partial charge in [-0.1, -0.05) is 121 Å². The molecule has 2 aliphatic heterocycles. The SMILES string of the molecule is CCCCCCCCCCCCCCCCN1C=CC(=C/C=C2/C(C)=Nc3ccccc32)C=C1. The van der Waals surface area contributed by atoms with E-state index in [9.17, 15) is 0 Å². The summed E-state index contributed by atoms with van der Waals surface area (Å²) in [5.74, 6) is 0. The second kappa shape index (κ2) is 15.5. The Morgan fingerprint density at radius 1 is 0.706 bits per heavy atom. The number of allylic oxidation sites excluding steroid dienone is 6. The Kier molecular flexibility index (Phi) is 12.0. The van der Waals surface area contributed by atoms with E-state index in [0.29, 0.717) is 0 Å². The molecule has 34 heavy (non-hydrogen) atoms. The van der Waals surface area contributed by atoms with Gasteiger partial charge in [-0.2, -0.15) is 0 Å². The van der Waals surface area contributed by atoms with Crippen molar-refractivity contribution in [1.82, 2.24) is 4.90 Å². The highest BCUT2D eigenvalue weighted by atomic mass is 15.1. The number of para-hydroxylation sites is 1. The number of unbranched alkanes of at least 4 members (excludes halogenated alkanes) is 13. The summed E-state index contributed by atoms with van der Waals surface area (Å²) in [6.07, 6.45) is 33.1. The van der Waals surface area contributed by atoms with Gasteiger partial charge in [-0.3, -0.25) is 4.99 Å². The van der Waals surface area contributed by atoms with Crippen molar-refractivity contribution in [2.45, 2.75) is 104 Å². The van der Waals surface area contributed by atoms with E-state index in [2.05, 4.69) is 84.7 Å². The highest BCUT2D eigenvalue weighted by molar-refractivity contribution is 6.28. The molecule has 2 heteroatoms. The minimum Gasteiger partial charge on any atom is -0.354 e. The first-order chi connectivity index (χ1) is 16.8. The zero-order chi connectivity index (χ0) is 23.8. The van der Waals surface area contributed by atoms with Gasteiger partial charge in [0.05, 0.1) is 5.69 Å². The summed E-state index contributed by atoms with van der Waals surface area (Å²) in [5.41, 5.74) is 5.89. The number of nitrogens with zero attached hydrogens (tertiary/aromatic N) is 2. The Hall–Kier alpha value is -2.35. The first-order valence-electron chi connectivity index (χ1n) is 14.0. The van der Waals surface area contributed by atoms with Crippen molar-refractivity contribution in [3.63, 3.8) is 0 Å². The van der Waals surface area contributed by atoms with Crippen LogP contribution in [0.1, 0.15) is 109 Å². The topological polar surface area (TPSA) is 15.6 Å². The lowest BCUT2D eigenvalue weighted by Crippen LogP contribution is -2.13. The molecule has 0 aliphatic carbocycles. The molecular weight excluding hydrogens is 412 g/mol. The molecule has 1 aromatic rings. The molecule has 2 nitrogen and oxygen atoms in total. The van der Waals surface area contributed by atoms with Crippen molar-refractivity contribution in [3.05, 3.63) is 72.1 Å². The number of rotatable bonds is 16. The standard InChI is InChI=1S/C32H46N2/c1-3-4-5-6-7-8-9-10-11-12-13-14-15-18-25-34-26-23-29(24-27-34)21-22-30-28(2)33-32-20-17-16-19-31(30)32/h16-17,19-24,26-27H,3-15,18,25H2,1-2H3/b30-22-. The third-order valence-electron chi connectivity index (χ3n) is 7.00. The monoisotopic (exact) mass is 458 g/mol. The zero-order valence-electron chi connectivity index (χ0n) is 21.8. The molecule has 0 N–H and O–H groups in total. The molecule has 1 aromatic carbocycles. The van der Waals surface area contributed by atoms with Gasteiger partial charge in [0, 0.05) is 35.8 Å². The molecule has 0 amide bonds. The van der Waals surface area contributed by atoms with Crippen molar-refractivity contribution in [3.8, 4) is 0 Å². The minimum absolute atomic E-state index is 1.08. The molecule has 3 rings (SSSR count). The minimum atomic E-state index is 1.08. The number of benzene rings is 1. The van der Waals surface area contributed by atoms with Crippen LogP contribution >= 0.6 is 0 Å². The predicted octanol–water partition coefficient (Wildman–Crippen LogP) is 9.93. The van der Waals surface area contributed by atoms with Crippen LogP contribution in [0.3, 0.4) is 0 Å². The van der Waals surface area contributed by atoms with E-state index in [1.807, 2.05) is 0 Å². The smallest absolute Gasteiger partial charge is 0.0712 e. The maximum Gasteiger partial charge on any atom is 0.0712 e. The van der Waals surface area contributed by atoms with E-state index >= 15 is 0 Å². The van der Waals surface area contributed by atoms with Crippen LogP contribution in [0.25, 0.3) is 5.57 Å². The van der Waals surface area contributed by atoms with Crippen molar-refractivity contribution in [1.29, 1.82) is 0 Å². The normalized spacial score (nSPS) is 15.8. The van der Waals surface area contributed by atoms with Gasteiger partial charge in [0.15, 0.2) is 0 Å². The van der Waals surface area contributed by atoms with E-state index in [1.165, 1.54) is 107 Å². The lowest BCUT2D eigenvalue weighted by molar-refractivity contribution is 0.461. The van der Waals surface area contributed by atoms with Crippen LogP contribution in [0.4, 0.5) is 5.69 Å². The number of hydrogen-bond acceptors (Lipinski definition) is 2. The summed E-state index contributed by atoms with van der Waals surface area (Å²) in [5, 5.41) is 0. The summed E-state index contributed by atoms with van der Waals surface area (Å²) < 4.78 is 0. The molecular formula is C32H46N2. The van der Waals surface area contributed by atoms with E-state index in [4.69, 9.17) is 0 Å². The number of aliphatic imine (C=N–C) groups is 1. The Morgan fingerprint density at radius 3 is 1.88 bits per heavy atom. The van der Waals surface area contributed by atoms with E-state index < -0.39 is 0 Å². The Balaban J connectivity index is 1.22. The van der Waals surface area contributed by atoms with Crippen molar-refractivity contribution in [2.75, 3.05) is 6.54 Å². The first-order valence-corrected chi connectivity index (χ1v) is 14.0. The maximum absolute atomic E-state index is 4.67. The molecule has 0 spiro atoms. The Labute approximate surface area is 209 Å². The van der Waals surface area contributed by atoms with Gasteiger partial charge in [0.2, 0.25) is 0 Å². The zero-order valence-corrected chi connectivity index (χ0v) is 21.8. The molecule has 2 heterocycles. The molecule has 0 saturated carbocycles. The van der Waals surface area contributed by atoms with Crippen LogP contribution in [0.5, 0.6) is 0 Å². The summed E-state index contributed by atoms with van der Waals surface area (Å²) >= 11 is 0. The molecule has 0 saturated heterocycles.